The van der Waals surface area contributed by atoms with Crippen molar-refractivity contribution in [2.75, 3.05) is 13.2 Å². The van der Waals surface area contributed by atoms with E-state index in [9.17, 15) is 65.9 Å². The molecule has 0 radical (unpaired) electrons. The van der Waals surface area contributed by atoms with Crippen LogP contribution in [0.1, 0.15) is 36.8 Å². The van der Waals surface area contributed by atoms with Gasteiger partial charge in [-0.25, -0.2) is 26.3 Å². The van der Waals surface area contributed by atoms with Crippen molar-refractivity contribution < 1.29 is 75.3 Å². The molecule has 17 heteroatoms. The molecule has 1 aliphatic carbocycles. The highest BCUT2D eigenvalue weighted by Crippen LogP contribution is 2.43. The van der Waals surface area contributed by atoms with Crippen molar-refractivity contribution in [3.05, 3.63) is 101 Å². The molecule has 0 saturated carbocycles. The van der Waals surface area contributed by atoms with Gasteiger partial charge in [-0.1, -0.05) is 0 Å². The van der Waals surface area contributed by atoms with Gasteiger partial charge in [-0.15, -0.1) is 0 Å². The van der Waals surface area contributed by atoms with Crippen molar-refractivity contribution in [1.82, 2.24) is 0 Å². The van der Waals surface area contributed by atoms with E-state index in [1.54, 1.807) is 0 Å². The maximum absolute atomic E-state index is 14.6. The first-order chi connectivity index (χ1) is 23.7. The van der Waals surface area contributed by atoms with Crippen LogP contribution in [-0.4, -0.2) is 31.7 Å². The number of benzene rings is 3. The molecule has 0 aromatic heterocycles. The van der Waals surface area contributed by atoms with Crippen LogP contribution in [0.4, 0.5) is 65.9 Å². The molecule has 0 fully saturated rings. The van der Waals surface area contributed by atoms with Gasteiger partial charge < -0.3 is 9.47 Å². The number of allylic oxidation sites excluding steroid dienone is 4. The van der Waals surface area contributed by atoms with Gasteiger partial charge in [0.15, 0.2) is 0 Å². The molecule has 51 heavy (non-hydrogen) atoms. The number of hydrogen-bond acceptors (Lipinski definition) is 2. The summed E-state index contributed by atoms with van der Waals surface area (Å²) < 4.78 is 214. The molecule has 0 aliphatic heterocycles. The molecule has 3 aromatic carbocycles. The Kier molecular flexibility index (Phi) is 12.0. The molecular weight excluding hydrogens is 725 g/mol. The second-order valence-electron chi connectivity index (χ2n) is 11.4. The van der Waals surface area contributed by atoms with Crippen LogP contribution < -0.4 is 9.47 Å². The molecule has 1 aliphatic rings. The zero-order valence-corrected chi connectivity index (χ0v) is 25.7. The molecule has 0 saturated heterocycles. The second kappa shape index (κ2) is 15.5. The molecular formula is C34H25F15O2. The van der Waals surface area contributed by atoms with Crippen molar-refractivity contribution in [2.45, 2.75) is 50.4 Å². The molecule has 0 heterocycles. The van der Waals surface area contributed by atoms with Gasteiger partial charge >= 0.3 is 18.5 Å². The summed E-state index contributed by atoms with van der Waals surface area (Å²) in [7, 11) is 0. The van der Waals surface area contributed by atoms with Crippen LogP contribution in [0.2, 0.25) is 0 Å². The van der Waals surface area contributed by atoms with E-state index in [2.05, 4.69) is 0 Å². The van der Waals surface area contributed by atoms with Gasteiger partial charge in [-0.3, -0.25) is 0 Å². The number of alkyl halides is 10. The van der Waals surface area contributed by atoms with E-state index in [1.165, 1.54) is 0 Å². The average Bonchev–Trinajstić information content (AvgIpc) is 2.97. The topological polar surface area (TPSA) is 18.5 Å². The standard InChI is InChI=1S/C34H25F15O2/c35-24-15-20(5-7-22(24)17-11-26(37)30(27(38)12-17)33(44,45)46)50-9-1-3-19(32(41,42)43)4-2-10-51-21-6-8-23(25(36)16-21)18-13-28(39)31(29(40)14-18)34(47,48)49/h5-8,11-16,19,26,30H,1-4,9-10H2. The van der Waals surface area contributed by atoms with E-state index >= 15 is 0 Å². The first kappa shape index (κ1) is 39.5. The van der Waals surface area contributed by atoms with E-state index in [1.807, 2.05) is 0 Å². The highest BCUT2D eigenvalue weighted by atomic mass is 19.4. The van der Waals surface area contributed by atoms with Gasteiger partial charge in [-0.2, -0.15) is 39.5 Å². The number of rotatable bonds is 12. The minimum absolute atomic E-state index is 0.159. The lowest BCUT2D eigenvalue weighted by atomic mass is 9.90. The zero-order valence-electron chi connectivity index (χ0n) is 25.7. The Balaban J connectivity index is 1.27. The molecule has 0 amide bonds. The second-order valence-corrected chi connectivity index (χ2v) is 11.4. The first-order valence-corrected chi connectivity index (χ1v) is 14.9. The Labute approximate surface area is 280 Å². The van der Waals surface area contributed by atoms with Crippen molar-refractivity contribution in [3.8, 4) is 22.6 Å². The Morgan fingerprint density at radius 1 is 0.627 bits per heavy atom. The highest BCUT2D eigenvalue weighted by Gasteiger charge is 2.49. The van der Waals surface area contributed by atoms with Crippen LogP contribution >= 0.6 is 0 Å². The zero-order chi connectivity index (χ0) is 37.9. The van der Waals surface area contributed by atoms with Crippen LogP contribution in [0.5, 0.6) is 11.5 Å². The molecule has 278 valence electrons. The average molecular weight is 751 g/mol. The minimum Gasteiger partial charge on any atom is -0.493 e. The molecule has 3 atom stereocenters. The third-order valence-electron chi connectivity index (χ3n) is 7.82. The molecule has 0 spiro atoms. The fourth-order valence-corrected chi connectivity index (χ4v) is 5.36. The van der Waals surface area contributed by atoms with Crippen molar-refractivity contribution >= 4 is 5.57 Å². The Morgan fingerprint density at radius 3 is 1.53 bits per heavy atom. The van der Waals surface area contributed by atoms with Crippen molar-refractivity contribution in [3.63, 3.8) is 0 Å². The first-order valence-electron chi connectivity index (χ1n) is 14.9. The van der Waals surface area contributed by atoms with Gasteiger partial charge in [0.05, 0.1) is 19.1 Å². The Hall–Kier alpha value is -4.31. The molecule has 4 rings (SSSR count). The van der Waals surface area contributed by atoms with E-state index < -0.39 is 106 Å². The molecule has 0 N–H and O–H groups in total. The van der Waals surface area contributed by atoms with Crippen molar-refractivity contribution in [2.24, 2.45) is 11.8 Å². The van der Waals surface area contributed by atoms with Crippen LogP contribution in [0.25, 0.3) is 16.7 Å². The summed E-state index contributed by atoms with van der Waals surface area (Å²) in [6.45, 7) is -0.621. The maximum atomic E-state index is 14.6. The van der Waals surface area contributed by atoms with Gasteiger partial charge in [0.1, 0.15) is 58.2 Å². The summed E-state index contributed by atoms with van der Waals surface area (Å²) in [5.74, 6) is -13.2. The van der Waals surface area contributed by atoms with Gasteiger partial charge in [-0.05, 0) is 85.4 Å². The quantitative estimate of drug-likeness (QED) is 0.136. The van der Waals surface area contributed by atoms with E-state index in [-0.39, 0.29) is 37.6 Å². The monoisotopic (exact) mass is 750 g/mol. The molecule has 3 aromatic rings. The Bertz CT molecular complexity index is 1730. The minimum atomic E-state index is -5.32. The summed E-state index contributed by atoms with van der Waals surface area (Å²) in [6, 6.07) is 6.33. The van der Waals surface area contributed by atoms with E-state index in [0.29, 0.717) is 24.3 Å². The fourth-order valence-electron chi connectivity index (χ4n) is 5.36. The maximum Gasteiger partial charge on any atom is 0.422 e. The van der Waals surface area contributed by atoms with Crippen molar-refractivity contribution in [1.29, 1.82) is 0 Å². The number of hydrogen-bond donors (Lipinski definition) is 0. The van der Waals surface area contributed by atoms with Gasteiger partial charge in [0.2, 0.25) is 0 Å². The normalized spacial score (nSPS) is 17.5. The number of ether oxygens (including phenoxy) is 2. The highest BCUT2D eigenvalue weighted by molar-refractivity contribution is 5.77. The fraction of sp³-hybridized carbons (Fsp3) is 0.353. The SMILES string of the molecule is FC1=CC(c2ccc(OCCCC(CCCOc3ccc(-c4cc(F)c(C(F)(F)F)c(F)c4)c(F)c3)C(F)(F)F)cc2F)=CC(F)C1C(F)(F)F. The Morgan fingerprint density at radius 2 is 1.12 bits per heavy atom. The smallest absolute Gasteiger partial charge is 0.422 e. The largest absolute Gasteiger partial charge is 0.493 e. The van der Waals surface area contributed by atoms with Gasteiger partial charge in [0.25, 0.3) is 0 Å². The van der Waals surface area contributed by atoms with E-state index in [0.717, 1.165) is 36.4 Å². The summed E-state index contributed by atoms with van der Waals surface area (Å²) >= 11 is 0. The number of halogens is 15. The summed E-state index contributed by atoms with van der Waals surface area (Å²) in [6.07, 6.45) is -18.3. The van der Waals surface area contributed by atoms with Crippen LogP contribution in [0, 0.1) is 35.1 Å². The molecule has 0 bridgehead atoms. The predicted octanol–water partition coefficient (Wildman–Crippen LogP) is 11.9. The van der Waals surface area contributed by atoms with Gasteiger partial charge in [0, 0.05) is 23.3 Å². The summed E-state index contributed by atoms with van der Waals surface area (Å²) in [4.78, 5) is 0. The third-order valence-corrected chi connectivity index (χ3v) is 7.82. The van der Waals surface area contributed by atoms with Crippen LogP contribution in [-0.2, 0) is 6.18 Å². The molecule has 3 unspecified atom stereocenters. The summed E-state index contributed by atoms with van der Waals surface area (Å²) in [5.41, 5.74) is -4.04. The lowest BCUT2D eigenvalue weighted by Gasteiger charge is -2.24. The lowest BCUT2D eigenvalue weighted by molar-refractivity contribution is -0.180. The summed E-state index contributed by atoms with van der Waals surface area (Å²) in [5, 5.41) is 0. The molecule has 2 nitrogen and oxygen atoms in total. The van der Waals surface area contributed by atoms with Crippen LogP contribution in [0.3, 0.4) is 0 Å². The van der Waals surface area contributed by atoms with E-state index in [4.69, 9.17) is 9.47 Å². The third kappa shape index (κ3) is 9.94. The lowest BCUT2D eigenvalue weighted by Crippen LogP contribution is -2.33. The van der Waals surface area contributed by atoms with Crippen LogP contribution in [0.15, 0.2) is 66.5 Å². The predicted molar refractivity (Wildman–Crippen MR) is 154 cm³/mol.